The summed E-state index contributed by atoms with van der Waals surface area (Å²) in [5, 5.41) is 3.82. The van der Waals surface area contributed by atoms with E-state index in [2.05, 4.69) is 10.1 Å². The van der Waals surface area contributed by atoms with Crippen LogP contribution in [0.4, 0.5) is 18.9 Å². The number of aryl methyl sites for hydroxylation is 1. The Bertz CT molecular complexity index is 942. The highest BCUT2D eigenvalue weighted by Gasteiger charge is 2.63. The molecule has 1 atom stereocenters. The molecule has 0 aliphatic heterocycles. The highest BCUT2D eigenvalue weighted by molar-refractivity contribution is 6.00. The maximum absolute atomic E-state index is 14.2. The zero-order valence-electron chi connectivity index (χ0n) is 16.6. The molecule has 0 heterocycles. The highest BCUT2D eigenvalue weighted by Crippen LogP contribution is 2.33. The Kier molecular flexibility index (Phi) is 6.86. The summed E-state index contributed by atoms with van der Waals surface area (Å²) in [6.07, 6.45) is -5.25. The number of Topliss-reactive ketones (excluding diaryl/α,β-unsaturated/α-hetero) is 1. The third-order valence-corrected chi connectivity index (χ3v) is 4.21. The average molecular weight is 422 g/mol. The van der Waals surface area contributed by atoms with E-state index in [1.54, 1.807) is 18.3 Å². The number of ketones is 1. The third-order valence-electron chi connectivity index (χ3n) is 4.21. The monoisotopic (exact) mass is 422 g/mol. The number of halogens is 3. The third kappa shape index (κ3) is 4.97. The van der Waals surface area contributed by atoms with Crippen LogP contribution in [0.25, 0.3) is 0 Å². The minimum Gasteiger partial charge on any atom is -0.463 e. The summed E-state index contributed by atoms with van der Waals surface area (Å²) in [4.78, 5) is 36.4. The first kappa shape index (κ1) is 22.9. The van der Waals surface area contributed by atoms with Crippen molar-refractivity contribution in [2.75, 3.05) is 11.9 Å². The summed E-state index contributed by atoms with van der Waals surface area (Å²) < 4.78 is 47.1. The lowest BCUT2D eigenvalue weighted by molar-refractivity contribution is -0.204. The van der Waals surface area contributed by atoms with Crippen LogP contribution in [0, 0.1) is 6.92 Å². The van der Waals surface area contributed by atoms with Crippen molar-refractivity contribution < 1.29 is 32.3 Å². The summed E-state index contributed by atoms with van der Waals surface area (Å²) in [6.45, 7) is 4.00. The molecule has 30 heavy (non-hydrogen) atoms. The van der Waals surface area contributed by atoms with Crippen LogP contribution in [0.2, 0.25) is 0 Å². The van der Waals surface area contributed by atoms with Crippen molar-refractivity contribution in [2.24, 2.45) is 0 Å². The number of hydrogen-bond acceptors (Lipinski definition) is 5. The SMILES string of the molecule is CCOC(=O)C(NC(=O)c1cccc(C)c1)(Nc1ccc(C(C)=O)cc1)C(F)(F)F. The van der Waals surface area contributed by atoms with E-state index >= 15 is 0 Å². The van der Waals surface area contributed by atoms with E-state index < -0.39 is 23.7 Å². The predicted molar refractivity (Wildman–Crippen MR) is 104 cm³/mol. The molecule has 160 valence electrons. The number of esters is 1. The molecule has 6 nitrogen and oxygen atoms in total. The average Bonchev–Trinajstić information content (AvgIpc) is 2.67. The second-order valence-electron chi connectivity index (χ2n) is 6.55. The predicted octanol–water partition coefficient (Wildman–Crippen LogP) is 3.86. The van der Waals surface area contributed by atoms with Crippen LogP contribution in [0.3, 0.4) is 0 Å². The number of nitrogens with one attached hydrogen (secondary N) is 2. The van der Waals surface area contributed by atoms with E-state index in [1.807, 2.05) is 0 Å². The van der Waals surface area contributed by atoms with Crippen LogP contribution >= 0.6 is 0 Å². The molecule has 1 amide bonds. The standard InChI is InChI=1S/C21H21F3N2O4/c1-4-30-19(29)20(21(22,23)24,25-17-10-8-15(9-11-17)14(3)27)26-18(28)16-7-5-6-13(2)12-16/h5-12,25H,4H2,1-3H3,(H,26,28). The number of benzene rings is 2. The van der Waals surface area contributed by atoms with Crippen molar-refractivity contribution in [1.82, 2.24) is 5.32 Å². The molecule has 0 aliphatic rings. The van der Waals surface area contributed by atoms with Gasteiger partial charge >= 0.3 is 17.8 Å². The van der Waals surface area contributed by atoms with E-state index in [0.717, 1.165) is 0 Å². The van der Waals surface area contributed by atoms with Gasteiger partial charge in [-0.25, -0.2) is 4.79 Å². The quantitative estimate of drug-likeness (QED) is 0.402. The Morgan fingerprint density at radius 2 is 1.63 bits per heavy atom. The number of ether oxygens (including phenoxy) is 1. The second-order valence-corrected chi connectivity index (χ2v) is 6.55. The Labute approximate surface area is 171 Å². The lowest BCUT2D eigenvalue weighted by Crippen LogP contribution is -2.69. The second kappa shape index (κ2) is 8.98. The fraction of sp³-hybridized carbons (Fsp3) is 0.286. The molecule has 9 heteroatoms. The van der Waals surface area contributed by atoms with E-state index in [4.69, 9.17) is 0 Å². The minimum absolute atomic E-state index is 0.0540. The van der Waals surface area contributed by atoms with Gasteiger partial charge in [0.2, 0.25) is 0 Å². The molecule has 2 aromatic rings. The molecule has 1 unspecified atom stereocenters. The largest absolute Gasteiger partial charge is 0.463 e. The van der Waals surface area contributed by atoms with Crippen LogP contribution < -0.4 is 10.6 Å². The van der Waals surface area contributed by atoms with Gasteiger partial charge in [-0.05, 0) is 57.2 Å². The number of hydrogen-bond donors (Lipinski definition) is 2. The topological polar surface area (TPSA) is 84.5 Å². The van der Waals surface area contributed by atoms with Gasteiger partial charge in [-0.2, -0.15) is 13.2 Å². The van der Waals surface area contributed by atoms with Crippen molar-refractivity contribution in [2.45, 2.75) is 32.6 Å². The maximum atomic E-state index is 14.2. The zero-order valence-corrected chi connectivity index (χ0v) is 16.6. The number of carbonyl (C=O) groups is 3. The number of anilines is 1. The van der Waals surface area contributed by atoms with Gasteiger partial charge in [-0.1, -0.05) is 17.7 Å². The molecule has 0 aliphatic carbocycles. The molecule has 2 aromatic carbocycles. The van der Waals surface area contributed by atoms with Crippen LogP contribution in [0.1, 0.15) is 40.1 Å². The smallest absolute Gasteiger partial charge is 0.441 e. The lowest BCUT2D eigenvalue weighted by Gasteiger charge is -2.35. The molecule has 0 bridgehead atoms. The number of carbonyl (C=O) groups excluding carboxylic acids is 3. The molecular formula is C21H21F3N2O4. The summed E-state index contributed by atoms with van der Waals surface area (Å²) in [6, 6.07) is 10.9. The van der Waals surface area contributed by atoms with Crippen molar-refractivity contribution >= 4 is 23.3 Å². The lowest BCUT2D eigenvalue weighted by atomic mass is 10.1. The Balaban J connectivity index is 2.50. The summed E-state index contributed by atoms with van der Waals surface area (Å²) in [7, 11) is 0. The van der Waals surface area contributed by atoms with Crippen molar-refractivity contribution in [3.05, 3.63) is 65.2 Å². The Morgan fingerprint density at radius 3 is 2.13 bits per heavy atom. The first-order valence-corrected chi connectivity index (χ1v) is 9.02. The molecule has 0 fully saturated rings. The van der Waals surface area contributed by atoms with Crippen molar-refractivity contribution in [3.63, 3.8) is 0 Å². The van der Waals surface area contributed by atoms with Crippen molar-refractivity contribution in [3.8, 4) is 0 Å². The van der Waals surface area contributed by atoms with E-state index in [1.165, 1.54) is 56.3 Å². The number of amides is 1. The van der Waals surface area contributed by atoms with E-state index in [-0.39, 0.29) is 29.2 Å². The summed E-state index contributed by atoms with van der Waals surface area (Å²) >= 11 is 0. The van der Waals surface area contributed by atoms with Gasteiger partial charge in [0.25, 0.3) is 5.91 Å². The molecule has 0 radical (unpaired) electrons. The van der Waals surface area contributed by atoms with Gasteiger partial charge in [0, 0.05) is 16.8 Å². The normalized spacial score (nSPS) is 13.1. The molecule has 2 N–H and O–H groups in total. The molecule has 2 rings (SSSR count). The van der Waals surface area contributed by atoms with Gasteiger partial charge in [-0.3, -0.25) is 9.59 Å². The van der Waals surface area contributed by atoms with Crippen molar-refractivity contribution in [1.29, 1.82) is 0 Å². The van der Waals surface area contributed by atoms with Gasteiger partial charge in [0.1, 0.15) is 0 Å². The van der Waals surface area contributed by atoms with Gasteiger partial charge < -0.3 is 15.4 Å². The summed E-state index contributed by atoms with van der Waals surface area (Å²) in [5.74, 6) is -3.10. The molecule has 0 saturated heterocycles. The van der Waals surface area contributed by atoms with E-state index in [0.29, 0.717) is 5.56 Å². The van der Waals surface area contributed by atoms with Crippen LogP contribution in [-0.2, 0) is 9.53 Å². The van der Waals surface area contributed by atoms with Gasteiger partial charge in [0.15, 0.2) is 5.78 Å². The van der Waals surface area contributed by atoms with E-state index in [9.17, 15) is 27.6 Å². The molecule has 0 spiro atoms. The molecular weight excluding hydrogens is 401 g/mol. The fourth-order valence-corrected chi connectivity index (χ4v) is 2.66. The first-order chi connectivity index (χ1) is 14.0. The van der Waals surface area contributed by atoms with Crippen LogP contribution in [-0.4, -0.2) is 36.1 Å². The van der Waals surface area contributed by atoms with Gasteiger partial charge in [-0.15, -0.1) is 0 Å². The highest BCUT2D eigenvalue weighted by atomic mass is 19.4. The Hall–Kier alpha value is -3.36. The number of rotatable bonds is 7. The van der Waals surface area contributed by atoms with Crippen LogP contribution in [0.5, 0.6) is 0 Å². The van der Waals surface area contributed by atoms with Gasteiger partial charge in [0.05, 0.1) is 6.61 Å². The summed E-state index contributed by atoms with van der Waals surface area (Å²) in [5.41, 5.74) is -2.81. The van der Waals surface area contributed by atoms with Crippen LogP contribution in [0.15, 0.2) is 48.5 Å². The minimum atomic E-state index is -5.25. The first-order valence-electron chi connectivity index (χ1n) is 9.02. The maximum Gasteiger partial charge on any atom is 0.441 e. The molecule has 0 aromatic heterocycles. The Morgan fingerprint density at radius 1 is 1.00 bits per heavy atom. The number of alkyl halides is 3. The molecule has 0 saturated carbocycles. The fourth-order valence-electron chi connectivity index (χ4n) is 2.66. The zero-order chi connectivity index (χ0) is 22.5.